The number of benzene rings is 1. The molecule has 0 spiro atoms. The molecule has 3 rings (SSSR count). The lowest BCUT2D eigenvalue weighted by atomic mass is 9.84. The fraction of sp³-hybridized carbons (Fsp3) is 0.524. The minimum atomic E-state index is -1.01. The number of hydrogen-bond donors (Lipinski definition) is 2. The molecule has 2 fully saturated rings. The van der Waals surface area contributed by atoms with Crippen LogP contribution in [0.15, 0.2) is 30.3 Å². The van der Waals surface area contributed by atoms with Crippen molar-refractivity contribution in [1.29, 1.82) is 0 Å². The molecule has 162 valence electrons. The minimum absolute atomic E-state index is 0.0308. The third kappa shape index (κ3) is 4.68. The van der Waals surface area contributed by atoms with Gasteiger partial charge in [0.05, 0.1) is 18.1 Å². The van der Waals surface area contributed by atoms with Crippen molar-refractivity contribution in [1.82, 2.24) is 10.2 Å². The number of Topliss-reactive ketones (excluding diaryl/α,β-unsaturated/α-hetero) is 1. The van der Waals surface area contributed by atoms with Crippen LogP contribution in [0.25, 0.3) is 0 Å². The SMILES string of the molecule is CC(C)(C)C(=O)C1CC(=O)NC(=O)N1[C@H]1C[C@H](O)[C@@H](COC(=O)c2ccccc2)O1. The molecular weight excluding hydrogens is 392 g/mol. The van der Waals surface area contributed by atoms with Crippen LogP contribution in [0.4, 0.5) is 4.79 Å². The summed E-state index contributed by atoms with van der Waals surface area (Å²) < 4.78 is 11.0. The Labute approximate surface area is 174 Å². The number of aliphatic hydroxyl groups is 1. The molecule has 2 aliphatic heterocycles. The lowest BCUT2D eigenvalue weighted by Crippen LogP contribution is -2.62. The third-order valence-corrected chi connectivity index (χ3v) is 5.14. The topological polar surface area (TPSA) is 122 Å². The second-order valence-corrected chi connectivity index (χ2v) is 8.49. The van der Waals surface area contributed by atoms with Crippen LogP contribution in [0.5, 0.6) is 0 Å². The van der Waals surface area contributed by atoms with E-state index in [4.69, 9.17) is 9.47 Å². The van der Waals surface area contributed by atoms with E-state index in [0.29, 0.717) is 5.56 Å². The Balaban J connectivity index is 1.69. The van der Waals surface area contributed by atoms with E-state index in [0.717, 1.165) is 0 Å². The molecule has 1 unspecified atom stereocenters. The van der Waals surface area contributed by atoms with Gasteiger partial charge in [0.15, 0.2) is 5.78 Å². The Kier molecular flexibility index (Phi) is 6.23. The van der Waals surface area contributed by atoms with Crippen molar-refractivity contribution in [2.45, 2.75) is 58.1 Å². The Hall–Kier alpha value is -2.78. The average Bonchev–Trinajstić information content (AvgIpc) is 3.04. The van der Waals surface area contributed by atoms with Gasteiger partial charge in [0.1, 0.15) is 25.0 Å². The largest absolute Gasteiger partial charge is 0.459 e. The average molecular weight is 418 g/mol. The second kappa shape index (κ2) is 8.53. The van der Waals surface area contributed by atoms with Crippen LogP contribution in [-0.4, -0.2) is 64.8 Å². The monoisotopic (exact) mass is 418 g/mol. The summed E-state index contributed by atoms with van der Waals surface area (Å²) in [6, 6.07) is 6.66. The van der Waals surface area contributed by atoms with Crippen LogP contribution in [0.1, 0.15) is 44.0 Å². The molecule has 0 radical (unpaired) electrons. The van der Waals surface area contributed by atoms with E-state index >= 15 is 0 Å². The molecule has 0 aliphatic carbocycles. The number of esters is 1. The number of urea groups is 1. The summed E-state index contributed by atoms with van der Waals surface area (Å²) in [5.74, 6) is -1.37. The number of ether oxygens (including phenoxy) is 2. The van der Waals surface area contributed by atoms with Crippen LogP contribution in [-0.2, 0) is 19.1 Å². The summed E-state index contributed by atoms with van der Waals surface area (Å²) in [7, 11) is 0. The van der Waals surface area contributed by atoms with Crippen molar-refractivity contribution >= 4 is 23.7 Å². The Bertz CT molecular complexity index is 834. The number of aliphatic hydroxyl groups excluding tert-OH is 1. The van der Waals surface area contributed by atoms with Crippen molar-refractivity contribution in [2.75, 3.05) is 6.61 Å². The van der Waals surface area contributed by atoms with E-state index in [2.05, 4.69) is 5.32 Å². The minimum Gasteiger partial charge on any atom is -0.459 e. The van der Waals surface area contributed by atoms with E-state index in [1.165, 1.54) is 4.90 Å². The van der Waals surface area contributed by atoms with E-state index in [-0.39, 0.29) is 25.2 Å². The standard InChI is InChI=1S/C21H26N2O7/c1-21(2,3)18(26)13-9-16(25)22-20(28)23(13)17-10-14(24)15(30-17)11-29-19(27)12-7-5-4-6-8-12/h4-8,13-15,17,24H,9-11H2,1-3H3,(H,22,25,28)/t13?,14-,15+,17+/m0/s1. The van der Waals surface area contributed by atoms with Crippen molar-refractivity contribution in [3.63, 3.8) is 0 Å². The molecule has 0 aromatic heterocycles. The number of carbonyl (C=O) groups excluding carboxylic acids is 4. The van der Waals surface area contributed by atoms with Gasteiger partial charge in [-0.3, -0.25) is 19.8 Å². The maximum atomic E-state index is 12.9. The summed E-state index contributed by atoms with van der Waals surface area (Å²) in [4.78, 5) is 50.5. The van der Waals surface area contributed by atoms with Gasteiger partial charge in [0.25, 0.3) is 0 Å². The van der Waals surface area contributed by atoms with Crippen molar-refractivity contribution in [3.05, 3.63) is 35.9 Å². The molecule has 0 saturated carbocycles. The number of carbonyl (C=O) groups is 4. The number of amides is 3. The van der Waals surface area contributed by atoms with Crippen molar-refractivity contribution in [3.8, 4) is 0 Å². The van der Waals surface area contributed by atoms with E-state index in [1.807, 2.05) is 0 Å². The van der Waals surface area contributed by atoms with Crippen molar-refractivity contribution in [2.24, 2.45) is 5.41 Å². The maximum Gasteiger partial charge on any atom is 0.338 e. The highest BCUT2D eigenvalue weighted by Crippen LogP contribution is 2.31. The fourth-order valence-electron chi connectivity index (χ4n) is 3.55. The third-order valence-electron chi connectivity index (χ3n) is 5.14. The summed E-state index contributed by atoms with van der Waals surface area (Å²) in [5, 5.41) is 12.6. The molecular formula is C21H26N2O7. The fourth-order valence-corrected chi connectivity index (χ4v) is 3.55. The summed E-state index contributed by atoms with van der Waals surface area (Å²) in [6.07, 6.45) is -2.94. The summed E-state index contributed by atoms with van der Waals surface area (Å²) in [6.45, 7) is 4.92. The molecule has 2 N–H and O–H groups in total. The first kappa shape index (κ1) is 21.9. The number of imide groups is 1. The smallest absolute Gasteiger partial charge is 0.338 e. The molecule has 2 saturated heterocycles. The first-order valence-corrected chi connectivity index (χ1v) is 9.80. The highest BCUT2D eigenvalue weighted by Gasteiger charge is 2.48. The molecule has 2 aliphatic rings. The molecule has 3 amide bonds. The van der Waals surface area contributed by atoms with Gasteiger partial charge >= 0.3 is 12.0 Å². The Morgan fingerprint density at radius 1 is 1.23 bits per heavy atom. The first-order valence-electron chi connectivity index (χ1n) is 9.80. The van der Waals surface area contributed by atoms with Gasteiger partial charge in [-0.1, -0.05) is 39.0 Å². The van der Waals surface area contributed by atoms with Gasteiger partial charge in [0.2, 0.25) is 5.91 Å². The predicted molar refractivity (Wildman–Crippen MR) is 104 cm³/mol. The van der Waals surface area contributed by atoms with Crippen LogP contribution in [0.3, 0.4) is 0 Å². The highest BCUT2D eigenvalue weighted by molar-refractivity contribution is 6.04. The maximum absolute atomic E-state index is 12.9. The van der Waals surface area contributed by atoms with Crippen LogP contribution < -0.4 is 5.32 Å². The predicted octanol–water partition coefficient (Wildman–Crippen LogP) is 1.24. The number of nitrogens with one attached hydrogen (secondary N) is 1. The van der Waals surface area contributed by atoms with Gasteiger partial charge in [-0.15, -0.1) is 0 Å². The number of nitrogens with zero attached hydrogens (tertiary/aromatic N) is 1. The zero-order valence-electron chi connectivity index (χ0n) is 17.2. The van der Waals surface area contributed by atoms with Gasteiger partial charge in [-0.2, -0.15) is 0 Å². The quantitative estimate of drug-likeness (QED) is 0.690. The van der Waals surface area contributed by atoms with Crippen LogP contribution in [0, 0.1) is 5.41 Å². The van der Waals surface area contributed by atoms with E-state index in [9.17, 15) is 24.3 Å². The molecule has 9 nitrogen and oxygen atoms in total. The molecule has 1 aromatic carbocycles. The molecule has 9 heteroatoms. The Morgan fingerprint density at radius 3 is 2.53 bits per heavy atom. The zero-order chi connectivity index (χ0) is 22.1. The number of ketones is 1. The lowest BCUT2D eigenvalue weighted by Gasteiger charge is -2.40. The molecule has 1 aromatic rings. The number of hydrogen-bond acceptors (Lipinski definition) is 7. The highest BCUT2D eigenvalue weighted by atomic mass is 16.6. The van der Waals surface area contributed by atoms with E-state index in [1.54, 1.807) is 51.1 Å². The summed E-state index contributed by atoms with van der Waals surface area (Å²) >= 11 is 0. The van der Waals surface area contributed by atoms with Gasteiger partial charge in [-0.05, 0) is 12.1 Å². The first-order chi connectivity index (χ1) is 14.1. The molecule has 30 heavy (non-hydrogen) atoms. The van der Waals surface area contributed by atoms with Gasteiger partial charge in [-0.25, -0.2) is 9.59 Å². The van der Waals surface area contributed by atoms with Crippen LogP contribution in [0.2, 0.25) is 0 Å². The van der Waals surface area contributed by atoms with Gasteiger partial charge < -0.3 is 14.6 Å². The number of rotatable bonds is 5. The molecule has 4 atom stereocenters. The molecule has 0 bridgehead atoms. The molecule has 2 heterocycles. The lowest BCUT2D eigenvalue weighted by molar-refractivity contribution is -0.143. The summed E-state index contributed by atoms with van der Waals surface area (Å²) in [5.41, 5.74) is -0.408. The second-order valence-electron chi connectivity index (χ2n) is 8.49. The van der Waals surface area contributed by atoms with E-state index < -0.39 is 47.8 Å². The normalized spacial score (nSPS) is 27.0. The zero-order valence-corrected chi connectivity index (χ0v) is 17.2. The Morgan fingerprint density at radius 2 is 1.90 bits per heavy atom. The van der Waals surface area contributed by atoms with Gasteiger partial charge in [0, 0.05) is 11.8 Å². The van der Waals surface area contributed by atoms with Crippen LogP contribution >= 0.6 is 0 Å². The van der Waals surface area contributed by atoms with Crippen molar-refractivity contribution < 1.29 is 33.8 Å².